The minimum Gasteiger partial charge on any atom is -0.481 e. The average Bonchev–Trinajstić information content (AvgIpc) is 2.43. The molecule has 2 heteroatoms. The summed E-state index contributed by atoms with van der Waals surface area (Å²) in [7, 11) is 0. The molecule has 0 heterocycles. The van der Waals surface area contributed by atoms with E-state index in [1.165, 1.54) is 0 Å². The monoisotopic (exact) mass is 272 g/mol. The molecule has 0 fully saturated rings. The highest BCUT2D eigenvalue weighted by molar-refractivity contribution is 5.66. The molecule has 2 nitrogen and oxygen atoms in total. The van der Waals surface area contributed by atoms with Crippen LogP contribution < -0.4 is 0 Å². The van der Waals surface area contributed by atoms with Crippen molar-refractivity contribution >= 4 is 5.97 Å². The highest BCUT2D eigenvalue weighted by Gasteiger charge is 1.95. The predicted molar refractivity (Wildman–Crippen MR) is 83.1 cm³/mol. The summed E-state index contributed by atoms with van der Waals surface area (Å²) < 4.78 is 0. The zero-order valence-electron chi connectivity index (χ0n) is 12.4. The van der Waals surface area contributed by atoms with E-state index in [4.69, 9.17) is 5.11 Å². The third-order valence-corrected chi connectivity index (χ3v) is 2.61. The summed E-state index contributed by atoms with van der Waals surface area (Å²) in [4.78, 5) is 10.3. The molecule has 20 heavy (non-hydrogen) atoms. The van der Waals surface area contributed by atoms with Gasteiger partial charge in [0.25, 0.3) is 0 Å². The summed E-state index contributed by atoms with van der Waals surface area (Å²) in [6.45, 7) is 2.09. The molecule has 0 aliphatic rings. The van der Waals surface area contributed by atoms with Crippen LogP contribution in [0.2, 0.25) is 0 Å². The summed E-state index contributed by atoms with van der Waals surface area (Å²) in [6.07, 6.45) is 12.1. The third-order valence-electron chi connectivity index (χ3n) is 2.61. The van der Waals surface area contributed by atoms with E-state index in [0.717, 1.165) is 51.4 Å². The fourth-order valence-electron chi connectivity index (χ4n) is 1.54. The van der Waals surface area contributed by atoms with Crippen molar-refractivity contribution in [3.05, 3.63) is 17.9 Å². The van der Waals surface area contributed by atoms with Crippen LogP contribution in [0.15, 0.2) is 17.9 Å². The Morgan fingerprint density at radius 2 is 1.85 bits per heavy atom. The summed E-state index contributed by atoms with van der Waals surface area (Å²) in [6, 6.07) is 0. The maximum absolute atomic E-state index is 10.3. The molecule has 0 aliphatic heterocycles. The van der Waals surface area contributed by atoms with Crippen molar-refractivity contribution in [2.24, 2.45) is 0 Å². The van der Waals surface area contributed by atoms with E-state index in [9.17, 15) is 4.79 Å². The summed E-state index contributed by atoms with van der Waals surface area (Å²) in [5.74, 6) is 10.6. The van der Waals surface area contributed by atoms with Crippen LogP contribution in [0.4, 0.5) is 0 Å². The van der Waals surface area contributed by atoms with Crippen molar-refractivity contribution in [1.29, 1.82) is 0 Å². The van der Waals surface area contributed by atoms with Gasteiger partial charge in [-0.05, 0) is 43.6 Å². The van der Waals surface area contributed by atoms with Crippen molar-refractivity contribution in [2.45, 2.75) is 64.7 Å². The van der Waals surface area contributed by atoms with E-state index in [2.05, 4.69) is 36.3 Å². The highest BCUT2D eigenvalue weighted by atomic mass is 16.4. The Labute approximate surface area is 123 Å². The lowest BCUT2D eigenvalue weighted by atomic mass is 10.1. The molecule has 0 amide bonds. The number of carbonyl (C=O) groups is 1. The molecule has 0 aromatic heterocycles. The summed E-state index contributed by atoms with van der Waals surface area (Å²) >= 11 is 0. The number of allylic oxidation sites excluding steroid dienone is 1. The van der Waals surface area contributed by atoms with Crippen LogP contribution in [0, 0.1) is 23.7 Å². The maximum Gasteiger partial charge on any atom is 0.303 e. The van der Waals surface area contributed by atoms with Crippen molar-refractivity contribution < 1.29 is 9.90 Å². The average molecular weight is 272 g/mol. The first-order valence-electron chi connectivity index (χ1n) is 7.37. The second-order valence-electron chi connectivity index (χ2n) is 4.54. The van der Waals surface area contributed by atoms with Crippen molar-refractivity contribution in [2.75, 3.05) is 0 Å². The van der Waals surface area contributed by atoms with Gasteiger partial charge in [-0.3, -0.25) is 4.79 Å². The standard InChI is InChI=1S/C18H24O2/c1-2-3-4-5-6-7-8-9-10-11-12-13-14-15-16-17-18(19)20/h8,10H,2-3,11-17H2,1H3,(H,19,20). The van der Waals surface area contributed by atoms with E-state index in [-0.39, 0.29) is 0 Å². The van der Waals surface area contributed by atoms with Crippen LogP contribution in [0.1, 0.15) is 64.7 Å². The van der Waals surface area contributed by atoms with Crippen molar-refractivity contribution in [3.8, 4) is 23.7 Å². The van der Waals surface area contributed by atoms with Gasteiger partial charge in [-0.1, -0.05) is 38.0 Å². The number of hydrogen-bond donors (Lipinski definition) is 1. The van der Waals surface area contributed by atoms with Gasteiger partial charge in [-0.25, -0.2) is 0 Å². The van der Waals surface area contributed by atoms with E-state index in [1.54, 1.807) is 6.08 Å². The number of rotatable bonds is 9. The summed E-state index contributed by atoms with van der Waals surface area (Å²) in [5.41, 5.74) is 3.02. The number of carboxylic acid groups (broad SMARTS) is 1. The highest BCUT2D eigenvalue weighted by Crippen LogP contribution is 2.07. The SMILES string of the molecule is CCCC#CC#CC=C=CCCCCCCCC(=O)O. The lowest BCUT2D eigenvalue weighted by Crippen LogP contribution is -1.93. The zero-order valence-corrected chi connectivity index (χ0v) is 12.4. The summed E-state index contributed by atoms with van der Waals surface area (Å²) in [5, 5.41) is 8.48. The first-order chi connectivity index (χ1) is 9.77. The zero-order chi connectivity index (χ0) is 14.9. The van der Waals surface area contributed by atoms with E-state index < -0.39 is 5.97 Å². The Hall–Kier alpha value is -1.89. The molecule has 0 rings (SSSR count). The molecule has 0 aliphatic carbocycles. The van der Waals surface area contributed by atoms with Gasteiger partial charge in [-0.15, -0.1) is 5.73 Å². The molecule has 0 unspecified atom stereocenters. The van der Waals surface area contributed by atoms with Gasteiger partial charge in [0.1, 0.15) is 0 Å². The Kier molecular flexibility index (Phi) is 13.7. The van der Waals surface area contributed by atoms with Gasteiger partial charge in [0.15, 0.2) is 0 Å². The third kappa shape index (κ3) is 16.1. The molecule has 0 aromatic rings. The van der Waals surface area contributed by atoms with E-state index in [1.807, 2.05) is 6.08 Å². The fraction of sp³-hybridized carbons (Fsp3) is 0.556. The normalized spacial score (nSPS) is 8.45. The molecule has 0 radical (unpaired) electrons. The van der Waals surface area contributed by atoms with E-state index in [0.29, 0.717) is 6.42 Å². The minimum absolute atomic E-state index is 0.294. The molecular formula is C18H24O2. The number of carboxylic acids is 1. The molecule has 0 saturated heterocycles. The Morgan fingerprint density at radius 3 is 2.60 bits per heavy atom. The number of aliphatic carboxylic acids is 1. The van der Waals surface area contributed by atoms with Crippen LogP contribution in [-0.4, -0.2) is 11.1 Å². The molecule has 0 aromatic carbocycles. The lowest BCUT2D eigenvalue weighted by Gasteiger charge is -1.97. The van der Waals surface area contributed by atoms with Gasteiger partial charge >= 0.3 is 5.97 Å². The molecule has 108 valence electrons. The smallest absolute Gasteiger partial charge is 0.303 e. The van der Waals surface area contributed by atoms with Gasteiger partial charge in [0.05, 0.1) is 0 Å². The molecule has 0 saturated carbocycles. The van der Waals surface area contributed by atoms with Crippen molar-refractivity contribution in [1.82, 2.24) is 0 Å². The minimum atomic E-state index is -0.696. The van der Waals surface area contributed by atoms with Gasteiger partial charge < -0.3 is 5.11 Å². The van der Waals surface area contributed by atoms with Crippen LogP contribution in [0.25, 0.3) is 0 Å². The Morgan fingerprint density at radius 1 is 1.10 bits per heavy atom. The molecule has 0 bridgehead atoms. The van der Waals surface area contributed by atoms with Gasteiger partial charge in [0.2, 0.25) is 0 Å². The Balaban J connectivity index is 3.48. The van der Waals surface area contributed by atoms with Crippen LogP contribution in [-0.2, 0) is 4.79 Å². The van der Waals surface area contributed by atoms with Gasteiger partial charge in [-0.2, -0.15) is 0 Å². The second-order valence-corrected chi connectivity index (χ2v) is 4.54. The van der Waals surface area contributed by atoms with Crippen LogP contribution in [0.3, 0.4) is 0 Å². The molecular weight excluding hydrogens is 248 g/mol. The predicted octanol–water partition coefficient (Wildman–Crippen LogP) is 4.32. The lowest BCUT2D eigenvalue weighted by molar-refractivity contribution is -0.137. The first kappa shape index (κ1) is 18.1. The fourth-order valence-corrected chi connectivity index (χ4v) is 1.54. The topological polar surface area (TPSA) is 37.3 Å². The quantitative estimate of drug-likeness (QED) is 0.385. The van der Waals surface area contributed by atoms with Gasteiger partial charge in [0, 0.05) is 18.9 Å². The van der Waals surface area contributed by atoms with Crippen LogP contribution >= 0.6 is 0 Å². The van der Waals surface area contributed by atoms with Crippen molar-refractivity contribution in [3.63, 3.8) is 0 Å². The second kappa shape index (κ2) is 15.2. The largest absolute Gasteiger partial charge is 0.481 e. The molecule has 1 N–H and O–H groups in total. The molecule has 0 atom stereocenters. The number of hydrogen-bond acceptors (Lipinski definition) is 1. The number of unbranched alkanes of at least 4 members (excludes halogenated alkanes) is 6. The first-order valence-corrected chi connectivity index (χ1v) is 7.37. The van der Waals surface area contributed by atoms with E-state index >= 15 is 0 Å². The maximum atomic E-state index is 10.3. The van der Waals surface area contributed by atoms with Crippen LogP contribution in [0.5, 0.6) is 0 Å². The Bertz CT molecular complexity index is 432. The molecule has 0 spiro atoms.